The average Bonchev–Trinajstić information content (AvgIpc) is 2.29. The number of hydrogen-bond acceptors (Lipinski definition) is 1. The highest BCUT2D eigenvalue weighted by Crippen LogP contribution is 2.33. The molecular weight excluding hydrogens is 296 g/mol. The summed E-state index contributed by atoms with van der Waals surface area (Å²) in [5, 5.41) is 0.815. The summed E-state index contributed by atoms with van der Waals surface area (Å²) in [6.07, 6.45) is -4.69. The molecule has 0 saturated heterocycles. The Morgan fingerprint density at radius 2 is 1.37 bits per heavy atom. The van der Waals surface area contributed by atoms with Crippen molar-refractivity contribution in [2.24, 2.45) is 0 Å². The first-order valence-electron chi connectivity index (χ1n) is 5.17. The Bertz CT molecular complexity index is 558. The third-order valence-corrected chi connectivity index (χ3v) is 2.87. The van der Waals surface area contributed by atoms with Gasteiger partial charge < -0.3 is 4.74 Å². The van der Waals surface area contributed by atoms with E-state index in [2.05, 4.69) is 14.0 Å². The van der Waals surface area contributed by atoms with Crippen molar-refractivity contribution in [2.75, 3.05) is 0 Å². The Morgan fingerprint density at radius 3 is 1.95 bits per heavy atom. The van der Waals surface area contributed by atoms with Crippen molar-refractivity contribution in [1.82, 2.24) is 0 Å². The van der Waals surface area contributed by atoms with Gasteiger partial charge in [-0.05, 0) is 16.9 Å². The molecule has 0 N–H and O–H groups in total. The van der Waals surface area contributed by atoms with Gasteiger partial charge in [0, 0.05) is 5.56 Å². The summed E-state index contributed by atoms with van der Waals surface area (Å²) in [5.41, 5.74) is 1.11. The van der Waals surface area contributed by atoms with Crippen LogP contribution in [0.2, 0.25) is 0 Å². The van der Waals surface area contributed by atoms with E-state index in [-0.39, 0.29) is 18.2 Å². The van der Waals surface area contributed by atoms with E-state index in [0.29, 0.717) is 11.1 Å². The molecule has 2 aromatic carbocycles. The van der Waals surface area contributed by atoms with E-state index in [1.807, 2.05) is 12.1 Å². The SMILES string of the molecule is Cl.FC(F)(F)Oc1ccccc1-c1ccccc1P. The fraction of sp³-hybridized carbons (Fsp3) is 0.0769. The topological polar surface area (TPSA) is 9.23 Å². The standard InChI is InChI=1S/C13H10F3OP.ClH/c14-13(15,16)17-11-7-3-1-5-9(11)10-6-2-4-8-12(10)18;/h1-8H,18H2;1H. The number of halogens is 4. The van der Waals surface area contributed by atoms with Crippen LogP contribution in [-0.4, -0.2) is 6.36 Å². The van der Waals surface area contributed by atoms with E-state index in [9.17, 15) is 13.2 Å². The van der Waals surface area contributed by atoms with E-state index >= 15 is 0 Å². The molecule has 102 valence electrons. The zero-order valence-corrected chi connectivity index (χ0v) is 11.6. The van der Waals surface area contributed by atoms with Gasteiger partial charge in [0.25, 0.3) is 0 Å². The Morgan fingerprint density at radius 1 is 0.842 bits per heavy atom. The smallest absolute Gasteiger partial charge is 0.405 e. The third kappa shape index (κ3) is 4.12. The van der Waals surface area contributed by atoms with Crippen molar-refractivity contribution >= 4 is 27.0 Å². The van der Waals surface area contributed by atoms with E-state index in [4.69, 9.17) is 0 Å². The molecule has 0 spiro atoms. The van der Waals surface area contributed by atoms with Gasteiger partial charge in [0.15, 0.2) is 0 Å². The normalized spacial score (nSPS) is 10.7. The molecule has 19 heavy (non-hydrogen) atoms. The van der Waals surface area contributed by atoms with Gasteiger partial charge in [0.05, 0.1) is 0 Å². The molecule has 2 rings (SSSR count). The second-order valence-electron chi connectivity index (χ2n) is 3.63. The van der Waals surface area contributed by atoms with E-state index in [1.54, 1.807) is 24.3 Å². The zero-order chi connectivity index (χ0) is 13.2. The quantitative estimate of drug-likeness (QED) is 0.757. The van der Waals surface area contributed by atoms with Gasteiger partial charge >= 0.3 is 6.36 Å². The van der Waals surface area contributed by atoms with Crippen molar-refractivity contribution < 1.29 is 17.9 Å². The van der Waals surface area contributed by atoms with Crippen LogP contribution in [0, 0.1) is 0 Å². The lowest BCUT2D eigenvalue weighted by molar-refractivity contribution is -0.274. The van der Waals surface area contributed by atoms with Crippen LogP contribution in [0.4, 0.5) is 13.2 Å². The van der Waals surface area contributed by atoms with Crippen molar-refractivity contribution in [3.8, 4) is 16.9 Å². The number of alkyl halides is 3. The minimum Gasteiger partial charge on any atom is -0.405 e. The fourth-order valence-electron chi connectivity index (χ4n) is 1.65. The molecule has 0 aromatic heterocycles. The molecule has 1 unspecified atom stereocenters. The first-order chi connectivity index (χ1) is 8.47. The molecule has 0 radical (unpaired) electrons. The largest absolute Gasteiger partial charge is 0.573 e. The minimum absolute atomic E-state index is 0. The molecule has 0 bridgehead atoms. The number of hydrogen-bond donors (Lipinski definition) is 0. The predicted octanol–water partition coefficient (Wildman–Crippen LogP) is 4.17. The average molecular weight is 307 g/mol. The lowest BCUT2D eigenvalue weighted by Crippen LogP contribution is -2.17. The highest BCUT2D eigenvalue weighted by Gasteiger charge is 2.32. The molecule has 0 aliphatic rings. The first-order valence-corrected chi connectivity index (χ1v) is 5.75. The lowest BCUT2D eigenvalue weighted by atomic mass is 10.0. The summed E-state index contributed by atoms with van der Waals surface area (Å²) in [7, 11) is 2.50. The second kappa shape index (κ2) is 6.27. The van der Waals surface area contributed by atoms with Crippen LogP contribution in [0.5, 0.6) is 5.75 Å². The summed E-state index contributed by atoms with van der Waals surface area (Å²) in [4.78, 5) is 0. The maximum atomic E-state index is 12.3. The van der Waals surface area contributed by atoms with Gasteiger partial charge in [-0.3, -0.25) is 0 Å². The van der Waals surface area contributed by atoms with Gasteiger partial charge in [0.1, 0.15) is 5.75 Å². The molecule has 1 nitrogen and oxygen atoms in total. The molecular formula is C13H11ClF3OP. The minimum atomic E-state index is -4.69. The van der Waals surface area contributed by atoms with Crippen LogP contribution in [-0.2, 0) is 0 Å². The molecule has 0 saturated carbocycles. The Kier molecular flexibility index (Phi) is 5.21. The molecule has 0 amide bonds. The Hall–Kier alpha value is -1.25. The summed E-state index contributed by atoms with van der Waals surface area (Å²) >= 11 is 0. The van der Waals surface area contributed by atoms with Crippen molar-refractivity contribution in [3.05, 3.63) is 48.5 Å². The highest BCUT2D eigenvalue weighted by atomic mass is 35.5. The van der Waals surface area contributed by atoms with E-state index < -0.39 is 6.36 Å². The van der Waals surface area contributed by atoms with E-state index in [1.165, 1.54) is 12.1 Å². The third-order valence-electron chi connectivity index (χ3n) is 2.36. The maximum absolute atomic E-state index is 12.3. The highest BCUT2D eigenvalue weighted by molar-refractivity contribution is 7.28. The molecule has 0 heterocycles. The molecule has 6 heteroatoms. The summed E-state index contributed by atoms with van der Waals surface area (Å²) in [6, 6.07) is 13.2. The summed E-state index contributed by atoms with van der Waals surface area (Å²) in [5.74, 6) is -0.195. The number of ether oxygens (including phenoxy) is 1. The molecule has 0 aliphatic carbocycles. The van der Waals surface area contributed by atoms with Crippen molar-refractivity contribution in [3.63, 3.8) is 0 Å². The van der Waals surface area contributed by atoms with E-state index in [0.717, 1.165) is 5.30 Å². The van der Waals surface area contributed by atoms with Gasteiger partial charge in [-0.25, -0.2) is 0 Å². The van der Waals surface area contributed by atoms with Crippen LogP contribution in [0.1, 0.15) is 0 Å². The number of para-hydroxylation sites is 1. The maximum Gasteiger partial charge on any atom is 0.573 e. The van der Waals surface area contributed by atoms with Crippen LogP contribution < -0.4 is 10.0 Å². The first kappa shape index (κ1) is 15.8. The molecule has 1 atom stereocenters. The van der Waals surface area contributed by atoms with Gasteiger partial charge in [-0.15, -0.1) is 34.8 Å². The summed E-state index contributed by atoms with van der Waals surface area (Å²) in [6.45, 7) is 0. The number of rotatable bonds is 2. The van der Waals surface area contributed by atoms with Crippen molar-refractivity contribution in [2.45, 2.75) is 6.36 Å². The van der Waals surface area contributed by atoms with Gasteiger partial charge in [-0.1, -0.05) is 42.5 Å². The van der Waals surface area contributed by atoms with Crippen LogP contribution in [0.15, 0.2) is 48.5 Å². The van der Waals surface area contributed by atoms with Gasteiger partial charge in [-0.2, -0.15) is 0 Å². The van der Waals surface area contributed by atoms with Crippen LogP contribution in [0.25, 0.3) is 11.1 Å². The van der Waals surface area contributed by atoms with Crippen molar-refractivity contribution in [1.29, 1.82) is 0 Å². The van der Waals surface area contributed by atoms with Gasteiger partial charge in [0.2, 0.25) is 0 Å². The van der Waals surface area contributed by atoms with Crippen LogP contribution >= 0.6 is 21.6 Å². The zero-order valence-electron chi connectivity index (χ0n) is 9.65. The monoisotopic (exact) mass is 306 g/mol. The second-order valence-corrected chi connectivity index (χ2v) is 4.25. The molecule has 0 fully saturated rings. The van der Waals surface area contributed by atoms with Crippen LogP contribution in [0.3, 0.4) is 0 Å². The summed E-state index contributed by atoms with van der Waals surface area (Å²) < 4.78 is 41.0. The number of benzene rings is 2. The Balaban J connectivity index is 0.00000180. The Labute approximate surface area is 117 Å². The molecule has 0 aliphatic heterocycles. The lowest BCUT2D eigenvalue weighted by Gasteiger charge is -2.14. The fourth-order valence-corrected chi connectivity index (χ4v) is 2.01. The molecule has 2 aromatic rings. The predicted molar refractivity (Wildman–Crippen MR) is 75.2 cm³/mol.